The summed E-state index contributed by atoms with van der Waals surface area (Å²) in [5.41, 5.74) is -0.813. The Morgan fingerprint density at radius 2 is 2.24 bits per heavy atom. The van der Waals surface area contributed by atoms with E-state index in [4.69, 9.17) is 4.42 Å². The van der Waals surface area contributed by atoms with Gasteiger partial charge in [-0.25, -0.2) is 0 Å². The summed E-state index contributed by atoms with van der Waals surface area (Å²) in [7, 11) is 3.82. The summed E-state index contributed by atoms with van der Waals surface area (Å²) in [6.45, 7) is 3.11. The van der Waals surface area contributed by atoms with Crippen LogP contribution in [0, 0.1) is 0 Å². The molecule has 0 bridgehead atoms. The average molecular weight is 242 g/mol. The zero-order chi connectivity index (χ0) is 12.9. The van der Waals surface area contributed by atoms with Crippen LogP contribution in [0.1, 0.15) is 18.8 Å². The Morgan fingerprint density at radius 3 is 2.76 bits per heavy atom. The van der Waals surface area contributed by atoms with Crippen molar-refractivity contribution in [1.82, 2.24) is 10.2 Å². The first-order valence-electron chi connectivity index (χ1n) is 5.70. The van der Waals surface area contributed by atoms with E-state index in [1.165, 1.54) is 6.26 Å². The third-order valence-corrected chi connectivity index (χ3v) is 2.37. The predicted molar refractivity (Wildman–Crippen MR) is 65.7 cm³/mol. The van der Waals surface area contributed by atoms with Gasteiger partial charge < -0.3 is 24.8 Å². The van der Waals surface area contributed by atoms with Gasteiger partial charge in [0.05, 0.1) is 11.9 Å². The van der Waals surface area contributed by atoms with Crippen molar-refractivity contribution in [3.63, 3.8) is 0 Å². The Morgan fingerprint density at radius 1 is 1.53 bits per heavy atom. The molecule has 0 aliphatic carbocycles. The van der Waals surface area contributed by atoms with Gasteiger partial charge in [-0.05, 0) is 33.2 Å². The molecular formula is C12H22N2O3. The maximum atomic E-state index is 10.0. The van der Waals surface area contributed by atoms with E-state index in [2.05, 4.69) is 5.32 Å². The first kappa shape index (κ1) is 14.2. The molecule has 0 aliphatic rings. The molecule has 98 valence electrons. The highest BCUT2D eigenvalue weighted by atomic mass is 16.4. The molecule has 3 N–H and O–H groups in total. The van der Waals surface area contributed by atoms with Crippen LogP contribution in [0.5, 0.6) is 0 Å². The first-order chi connectivity index (χ1) is 7.91. The van der Waals surface area contributed by atoms with E-state index in [1.54, 1.807) is 19.1 Å². The van der Waals surface area contributed by atoms with Crippen molar-refractivity contribution in [3.05, 3.63) is 24.2 Å². The maximum absolute atomic E-state index is 10.0. The minimum atomic E-state index is -0.813. The number of hydrogen-bond donors (Lipinski definition) is 3. The molecule has 1 heterocycles. The summed E-state index contributed by atoms with van der Waals surface area (Å²) in [5, 5.41) is 22.8. The Balaban J connectivity index is 2.27. The van der Waals surface area contributed by atoms with Crippen LogP contribution in [0.2, 0.25) is 0 Å². The Kier molecular flexibility index (Phi) is 5.14. The number of aliphatic hydroxyl groups is 2. The second-order valence-electron chi connectivity index (χ2n) is 4.90. The highest BCUT2D eigenvalue weighted by molar-refractivity contribution is 5.02. The van der Waals surface area contributed by atoms with Crippen LogP contribution >= 0.6 is 0 Å². The van der Waals surface area contributed by atoms with Crippen LogP contribution in [-0.2, 0) is 0 Å². The topological polar surface area (TPSA) is 68.9 Å². The van der Waals surface area contributed by atoms with Gasteiger partial charge in [0.2, 0.25) is 0 Å². The van der Waals surface area contributed by atoms with E-state index < -0.39 is 11.7 Å². The molecule has 0 amide bonds. The van der Waals surface area contributed by atoms with Crippen LogP contribution in [-0.4, -0.2) is 54.4 Å². The second-order valence-corrected chi connectivity index (χ2v) is 4.90. The average Bonchev–Trinajstić information content (AvgIpc) is 2.67. The molecule has 0 fully saturated rings. The molecule has 2 atom stereocenters. The van der Waals surface area contributed by atoms with Crippen molar-refractivity contribution in [2.75, 3.05) is 33.7 Å². The summed E-state index contributed by atoms with van der Waals surface area (Å²) >= 11 is 0. The van der Waals surface area contributed by atoms with Crippen molar-refractivity contribution in [1.29, 1.82) is 0 Å². The molecule has 17 heavy (non-hydrogen) atoms. The Bertz CT molecular complexity index is 310. The molecule has 0 aromatic carbocycles. The van der Waals surface area contributed by atoms with Gasteiger partial charge in [-0.15, -0.1) is 0 Å². The number of nitrogens with one attached hydrogen (secondary N) is 1. The van der Waals surface area contributed by atoms with Crippen molar-refractivity contribution >= 4 is 0 Å². The van der Waals surface area contributed by atoms with Crippen LogP contribution in [0.4, 0.5) is 0 Å². The van der Waals surface area contributed by atoms with Gasteiger partial charge in [0.1, 0.15) is 11.9 Å². The molecule has 0 saturated heterocycles. The minimum absolute atomic E-state index is 0.358. The van der Waals surface area contributed by atoms with Gasteiger partial charge in [0.15, 0.2) is 0 Å². The largest absolute Gasteiger partial charge is 0.467 e. The van der Waals surface area contributed by atoms with Gasteiger partial charge in [-0.1, -0.05) is 0 Å². The van der Waals surface area contributed by atoms with E-state index in [-0.39, 0.29) is 0 Å². The standard InChI is InChI=1S/C12H22N2O3/c1-12(16,9-14(2)3)8-13-7-10(15)11-5-4-6-17-11/h4-6,10,13,15-16H,7-9H2,1-3H3. The van der Waals surface area contributed by atoms with Crippen molar-refractivity contribution in [2.24, 2.45) is 0 Å². The number of furan rings is 1. The van der Waals surface area contributed by atoms with Crippen molar-refractivity contribution < 1.29 is 14.6 Å². The summed E-state index contributed by atoms with van der Waals surface area (Å²) < 4.78 is 5.08. The molecule has 1 aromatic rings. The molecule has 0 spiro atoms. The number of hydrogen-bond acceptors (Lipinski definition) is 5. The molecule has 5 nitrogen and oxygen atoms in total. The zero-order valence-corrected chi connectivity index (χ0v) is 10.7. The second kappa shape index (κ2) is 6.16. The lowest BCUT2D eigenvalue weighted by atomic mass is 10.1. The van der Waals surface area contributed by atoms with Crippen molar-refractivity contribution in [2.45, 2.75) is 18.6 Å². The molecule has 5 heteroatoms. The Hall–Kier alpha value is -0.880. The van der Waals surface area contributed by atoms with E-state index >= 15 is 0 Å². The first-order valence-corrected chi connectivity index (χ1v) is 5.70. The SMILES string of the molecule is CN(C)CC(C)(O)CNCC(O)c1ccco1. The molecule has 0 radical (unpaired) electrons. The molecule has 1 rings (SSSR count). The quantitative estimate of drug-likeness (QED) is 0.638. The lowest BCUT2D eigenvalue weighted by Crippen LogP contribution is -2.46. The van der Waals surface area contributed by atoms with Gasteiger partial charge >= 0.3 is 0 Å². The predicted octanol–water partition coefficient (Wildman–Crippen LogP) is 0.215. The van der Waals surface area contributed by atoms with Crippen LogP contribution in [0.25, 0.3) is 0 Å². The van der Waals surface area contributed by atoms with Crippen LogP contribution in [0.15, 0.2) is 22.8 Å². The van der Waals surface area contributed by atoms with E-state index in [0.717, 1.165) is 0 Å². The van der Waals surface area contributed by atoms with Crippen molar-refractivity contribution in [3.8, 4) is 0 Å². The van der Waals surface area contributed by atoms with E-state index in [0.29, 0.717) is 25.4 Å². The van der Waals surface area contributed by atoms with Gasteiger partial charge in [0, 0.05) is 19.6 Å². The van der Waals surface area contributed by atoms with Gasteiger partial charge in [0.25, 0.3) is 0 Å². The van der Waals surface area contributed by atoms with Gasteiger partial charge in [-0.2, -0.15) is 0 Å². The molecule has 1 aromatic heterocycles. The molecular weight excluding hydrogens is 220 g/mol. The number of aliphatic hydroxyl groups excluding tert-OH is 1. The van der Waals surface area contributed by atoms with Crippen LogP contribution in [0.3, 0.4) is 0 Å². The third-order valence-electron chi connectivity index (χ3n) is 2.37. The van der Waals surface area contributed by atoms with E-state index in [1.807, 2.05) is 19.0 Å². The molecule has 2 unspecified atom stereocenters. The number of nitrogens with zero attached hydrogens (tertiary/aromatic N) is 1. The smallest absolute Gasteiger partial charge is 0.133 e. The highest BCUT2D eigenvalue weighted by Crippen LogP contribution is 2.12. The number of likely N-dealkylation sites (N-methyl/N-ethyl adjacent to an activating group) is 1. The summed E-state index contributed by atoms with van der Waals surface area (Å²) in [5.74, 6) is 0.532. The molecule has 0 aliphatic heterocycles. The minimum Gasteiger partial charge on any atom is -0.467 e. The highest BCUT2D eigenvalue weighted by Gasteiger charge is 2.21. The summed E-state index contributed by atoms with van der Waals surface area (Å²) in [4.78, 5) is 1.92. The Labute approximate surface area is 102 Å². The monoisotopic (exact) mass is 242 g/mol. The lowest BCUT2D eigenvalue weighted by Gasteiger charge is -2.27. The maximum Gasteiger partial charge on any atom is 0.133 e. The fourth-order valence-corrected chi connectivity index (χ4v) is 1.80. The zero-order valence-electron chi connectivity index (χ0n) is 10.7. The molecule has 0 saturated carbocycles. The lowest BCUT2D eigenvalue weighted by molar-refractivity contribution is 0.0300. The third kappa shape index (κ3) is 5.32. The summed E-state index contributed by atoms with van der Waals surface area (Å²) in [6, 6.07) is 3.46. The van der Waals surface area contributed by atoms with E-state index in [9.17, 15) is 10.2 Å². The van der Waals surface area contributed by atoms with Crippen LogP contribution < -0.4 is 5.32 Å². The summed E-state index contributed by atoms with van der Waals surface area (Å²) in [6.07, 6.45) is 0.848. The number of rotatable bonds is 7. The normalized spacial score (nSPS) is 17.1. The fourth-order valence-electron chi connectivity index (χ4n) is 1.80. The van der Waals surface area contributed by atoms with Gasteiger partial charge in [-0.3, -0.25) is 0 Å². The fraction of sp³-hybridized carbons (Fsp3) is 0.667.